The monoisotopic (exact) mass is 245 g/mol. The zero-order valence-corrected chi connectivity index (χ0v) is 11.1. The molecule has 0 fully saturated rings. The maximum Gasteiger partial charge on any atom is 0.236 e. The maximum absolute atomic E-state index is 11.5. The van der Waals surface area contributed by atoms with Crippen molar-refractivity contribution in [2.75, 3.05) is 32.8 Å². The Hall–Kier alpha value is -0.650. The van der Waals surface area contributed by atoms with E-state index in [1.165, 1.54) is 0 Å². The van der Waals surface area contributed by atoms with Crippen molar-refractivity contribution in [3.63, 3.8) is 0 Å². The van der Waals surface area contributed by atoms with Gasteiger partial charge in [0.25, 0.3) is 0 Å². The van der Waals surface area contributed by atoms with E-state index in [0.29, 0.717) is 19.8 Å². The molecular formula is C12H27N3O2. The van der Waals surface area contributed by atoms with Gasteiger partial charge in [-0.3, -0.25) is 4.79 Å². The molecule has 0 bridgehead atoms. The van der Waals surface area contributed by atoms with E-state index in [1.807, 2.05) is 6.92 Å². The van der Waals surface area contributed by atoms with Crippen molar-refractivity contribution < 1.29 is 9.53 Å². The average molecular weight is 245 g/mol. The number of nitrogens with one attached hydrogen (secondary N) is 2. The molecule has 0 aromatic carbocycles. The molecular weight excluding hydrogens is 218 g/mol. The summed E-state index contributed by atoms with van der Waals surface area (Å²) in [6.07, 6.45) is 2.78. The molecule has 102 valence electrons. The number of rotatable bonds is 11. The van der Waals surface area contributed by atoms with Gasteiger partial charge in [0, 0.05) is 13.2 Å². The quantitative estimate of drug-likeness (QED) is 0.456. The van der Waals surface area contributed by atoms with Crippen molar-refractivity contribution >= 4 is 5.91 Å². The van der Waals surface area contributed by atoms with Gasteiger partial charge in [0.2, 0.25) is 5.91 Å². The number of nitrogens with two attached hydrogens (primary N) is 1. The zero-order chi connectivity index (χ0) is 12.9. The first-order valence-electron chi connectivity index (χ1n) is 6.54. The second kappa shape index (κ2) is 11.8. The highest BCUT2D eigenvalue weighted by molar-refractivity contribution is 5.81. The summed E-state index contributed by atoms with van der Waals surface area (Å²) in [5.41, 5.74) is 5.77. The molecule has 0 rings (SSSR count). The van der Waals surface area contributed by atoms with Gasteiger partial charge in [-0.05, 0) is 32.9 Å². The van der Waals surface area contributed by atoms with Gasteiger partial charge in [-0.1, -0.05) is 13.3 Å². The van der Waals surface area contributed by atoms with Gasteiger partial charge in [0.05, 0.1) is 12.6 Å². The number of unbranched alkanes of at least 4 members (excludes halogenated alkanes) is 1. The SMILES string of the molecule is CCNCCCCC(N)C(=O)NCCOCC. The highest BCUT2D eigenvalue weighted by atomic mass is 16.5. The molecule has 0 aromatic rings. The summed E-state index contributed by atoms with van der Waals surface area (Å²) in [6, 6.07) is -0.391. The van der Waals surface area contributed by atoms with Crippen LogP contribution in [0.1, 0.15) is 33.1 Å². The first-order chi connectivity index (χ1) is 8.22. The molecule has 0 spiro atoms. The minimum atomic E-state index is -0.391. The smallest absolute Gasteiger partial charge is 0.236 e. The lowest BCUT2D eigenvalue weighted by Gasteiger charge is -2.12. The molecule has 0 saturated heterocycles. The number of ether oxygens (including phenoxy) is 1. The van der Waals surface area contributed by atoms with E-state index < -0.39 is 6.04 Å². The van der Waals surface area contributed by atoms with E-state index in [9.17, 15) is 4.79 Å². The van der Waals surface area contributed by atoms with Crippen molar-refractivity contribution in [2.24, 2.45) is 5.73 Å². The first-order valence-corrected chi connectivity index (χ1v) is 6.54. The van der Waals surface area contributed by atoms with E-state index in [1.54, 1.807) is 0 Å². The van der Waals surface area contributed by atoms with Crippen LogP contribution in [-0.4, -0.2) is 44.8 Å². The highest BCUT2D eigenvalue weighted by Crippen LogP contribution is 1.98. The third-order valence-corrected chi connectivity index (χ3v) is 2.46. The standard InChI is InChI=1S/C12H27N3O2/c1-3-14-8-6-5-7-11(13)12(16)15-9-10-17-4-2/h11,14H,3-10,13H2,1-2H3,(H,15,16). The van der Waals surface area contributed by atoms with Crippen LogP contribution in [0.4, 0.5) is 0 Å². The van der Waals surface area contributed by atoms with E-state index in [2.05, 4.69) is 17.6 Å². The summed E-state index contributed by atoms with van der Waals surface area (Å²) in [7, 11) is 0. The molecule has 5 heteroatoms. The van der Waals surface area contributed by atoms with E-state index in [0.717, 1.165) is 32.4 Å². The Balaban J connectivity index is 3.40. The van der Waals surface area contributed by atoms with Crippen LogP contribution < -0.4 is 16.4 Å². The Morgan fingerprint density at radius 2 is 2.06 bits per heavy atom. The molecule has 4 N–H and O–H groups in total. The van der Waals surface area contributed by atoms with Crippen LogP contribution in [-0.2, 0) is 9.53 Å². The lowest BCUT2D eigenvalue weighted by molar-refractivity contribution is -0.122. The van der Waals surface area contributed by atoms with Gasteiger partial charge in [0.15, 0.2) is 0 Å². The highest BCUT2D eigenvalue weighted by Gasteiger charge is 2.11. The van der Waals surface area contributed by atoms with E-state index >= 15 is 0 Å². The maximum atomic E-state index is 11.5. The molecule has 0 aliphatic heterocycles. The van der Waals surface area contributed by atoms with Gasteiger partial charge >= 0.3 is 0 Å². The van der Waals surface area contributed by atoms with Crippen LogP contribution >= 0.6 is 0 Å². The van der Waals surface area contributed by atoms with Crippen LogP contribution in [0.3, 0.4) is 0 Å². The second-order valence-electron chi connectivity index (χ2n) is 3.94. The van der Waals surface area contributed by atoms with Crippen molar-refractivity contribution in [1.82, 2.24) is 10.6 Å². The van der Waals surface area contributed by atoms with Crippen molar-refractivity contribution in [3.8, 4) is 0 Å². The van der Waals surface area contributed by atoms with Gasteiger partial charge in [-0.25, -0.2) is 0 Å². The molecule has 0 aliphatic carbocycles. The number of hydrogen-bond acceptors (Lipinski definition) is 4. The lowest BCUT2D eigenvalue weighted by atomic mass is 10.1. The summed E-state index contributed by atoms with van der Waals surface area (Å²) in [6.45, 7) is 7.76. The predicted octanol–water partition coefficient (Wildman–Crippen LogP) is 0.246. The fraction of sp³-hybridized carbons (Fsp3) is 0.917. The number of hydrogen-bond donors (Lipinski definition) is 3. The zero-order valence-electron chi connectivity index (χ0n) is 11.1. The second-order valence-corrected chi connectivity index (χ2v) is 3.94. The third-order valence-electron chi connectivity index (χ3n) is 2.46. The van der Waals surface area contributed by atoms with Gasteiger partial charge < -0.3 is 21.1 Å². The predicted molar refractivity (Wildman–Crippen MR) is 69.9 cm³/mol. The summed E-state index contributed by atoms with van der Waals surface area (Å²) >= 11 is 0. The van der Waals surface area contributed by atoms with Crippen molar-refractivity contribution in [2.45, 2.75) is 39.2 Å². The number of amides is 1. The van der Waals surface area contributed by atoms with E-state index in [-0.39, 0.29) is 5.91 Å². The summed E-state index contributed by atoms with van der Waals surface area (Å²) in [5, 5.41) is 6.01. The van der Waals surface area contributed by atoms with Gasteiger partial charge in [0.1, 0.15) is 0 Å². The Labute approximate surface area is 104 Å². The first kappa shape index (κ1) is 16.4. The minimum absolute atomic E-state index is 0.0758. The summed E-state index contributed by atoms with van der Waals surface area (Å²) < 4.78 is 5.13. The number of carbonyl (C=O) groups excluding carboxylic acids is 1. The normalized spacial score (nSPS) is 12.4. The molecule has 1 amide bonds. The summed E-state index contributed by atoms with van der Waals surface area (Å²) in [5.74, 6) is -0.0758. The molecule has 0 saturated carbocycles. The molecule has 17 heavy (non-hydrogen) atoms. The lowest BCUT2D eigenvalue weighted by Crippen LogP contribution is -2.41. The Morgan fingerprint density at radius 1 is 1.29 bits per heavy atom. The molecule has 0 aliphatic rings. The molecule has 5 nitrogen and oxygen atoms in total. The van der Waals surface area contributed by atoms with Crippen LogP contribution in [0.15, 0.2) is 0 Å². The van der Waals surface area contributed by atoms with Crippen LogP contribution in [0.2, 0.25) is 0 Å². The Kier molecular flexibility index (Phi) is 11.4. The summed E-state index contributed by atoms with van der Waals surface area (Å²) in [4.78, 5) is 11.5. The van der Waals surface area contributed by atoms with Crippen LogP contribution in [0, 0.1) is 0 Å². The molecule has 0 heterocycles. The van der Waals surface area contributed by atoms with Crippen LogP contribution in [0.5, 0.6) is 0 Å². The molecule has 1 atom stereocenters. The van der Waals surface area contributed by atoms with Crippen LogP contribution in [0.25, 0.3) is 0 Å². The fourth-order valence-electron chi connectivity index (χ4n) is 1.44. The third kappa shape index (κ3) is 10.2. The topological polar surface area (TPSA) is 76.4 Å². The molecule has 0 radical (unpaired) electrons. The van der Waals surface area contributed by atoms with Gasteiger partial charge in [-0.15, -0.1) is 0 Å². The fourth-order valence-corrected chi connectivity index (χ4v) is 1.44. The largest absolute Gasteiger partial charge is 0.380 e. The molecule has 0 aromatic heterocycles. The van der Waals surface area contributed by atoms with Crippen molar-refractivity contribution in [1.29, 1.82) is 0 Å². The number of carbonyl (C=O) groups is 1. The molecule has 1 unspecified atom stereocenters. The Bertz CT molecular complexity index is 189. The van der Waals surface area contributed by atoms with E-state index in [4.69, 9.17) is 10.5 Å². The Morgan fingerprint density at radius 3 is 2.71 bits per heavy atom. The van der Waals surface area contributed by atoms with Crippen molar-refractivity contribution in [3.05, 3.63) is 0 Å². The minimum Gasteiger partial charge on any atom is -0.380 e. The van der Waals surface area contributed by atoms with Gasteiger partial charge in [-0.2, -0.15) is 0 Å². The average Bonchev–Trinajstić information content (AvgIpc) is 2.34.